The first kappa shape index (κ1) is 32.1. The maximum absolute atomic E-state index is 14.3. The number of benzene rings is 1. The summed E-state index contributed by atoms with van der Waals surface area (Å²) in [7, 11) is 0. The van der Waals surface area contributed by atoms with E-state index in [0.717, 1.165) is 36.0 Å². The summed E-state index contributed by atoms with van der Waals surface area (Å²) >= 11 is 3.38. The number of nitrogens with zero attached hydrogens (tertiary/aromatic N) is 6. The largest absolute Gasteiger partial charge is 0.493 e. The van der Waals surface area contributed by atoms with Gasteiger partial charge in [-0.15, -0.1) is 0 Å². The van der Waals surface area contributed by atoms with Gasteiger partial charge in [0, 0.05) is 53.4 Å². The quantitative estimate of drug-likeness (QED) is 0.171. The van der Waals surface area contributed by atoms with Gasteiger partial charge in [-0.1, -0.05) is 18.2 Å². The van der Waals surface area contributed by atoms with Crippen LogP contribution in [0.2, 0.25) is 0 Å². The van der Waals surface area contributed by atoms with E-state index in [1.54, 1.807) is 22.0 Å². The van der Waals surface area contributed by atoms with E-state index >= 15 is 0 Å². The minimum Gasteiger partial charge on any atom is -0.493 e. The lowest BCUT2D eigenvalue weighted by atomic mass is 10.00. The van der Waals surface area contributed by atoms with Crippen LogP contribution in [-0.2, 0) is 20.9 Å². The molecule has 3 aromatic heterocycles. The molecular formula is C35H36BrN7O5. The average molecular weight is 715 g/mol. The van der Waals surface area contributed by atoms with Gasteiger partial charge in [-0.3, -0.25) is 19.1 Å². The van der Waals surface area contributed by atoms with Crippen molar-refractivity contribution >= 4 is 50.2 Å². The van der Waals surface area contributed by atoms with Gasteiger partial charge in [0.2, 0.25) is 11.8 Å². The first-order valence-corrected chi connectivity index (χ1v) is 16.9. The molecule has 0 spiro atoms. The lowest BCUT2D eigenvalue weighted by molar-refractivity contribution is -0.138. The number of aromatic nitrogens is 5. The number of carbonyl (C=O) groups excluding carboxylic acids is 3. The molecule has 7 rings (SSSR count). The number of hydrogen-bond donors (Lipinski definition) is 1. The van der Waals surface area contributed by atoms with E-state index in [4.69, 9.17) is 9.47 Å². The van der Waals surface area contributed by atoms with Crippen molar-refractivity contribution in [2.24, 2.45) is 5.41 Å². The molecule has 1 saturated carbocycles. The number of pyridine rings is 1. The fourth-order valence-corrected chi connectivity index (χ4v) is 7.13. The van der Waals surface area contributed by atoms with Crippen LogP contribution in [-0.4, -0.2) is 79.1 Å². The number of allylic oxidation sites excluding steroid dienone is 1. The molecule has 1 aromatic carbocycles. The van der Waals surface area contributed by atoms with Gasteiger partial charge in [0.25, 0.3) is 0 Å². The van der Waals surface area contributed by atoms with Crippen LogP contribution in [0.15, 0.2) is 53.4 Å². The van der Waals surface area contributed by atoms with Crippen LogP contribution in [0.25, 0.3) is 22.0 Å². The van der Waals surface area contributed by atoms with Crippen LogP contribution in [0, 0.1) is 19.3 Å². The maximum Gasteiger partial charge on any atom is 0.248 e. The summed E-state index contributed by atoms with van der Waals surface area (Å²) in [6.07, 6.45) is 10.3. The molecule has 3 aliphatic rings. The summed E-state index contributed by atoms with van der Waals surface area (Å²) in [4.78, 5) is 55.9. The number of carbonyl (C=O) groups is 3. The van der Waals surface area contributed by atoms with Crippen molar-refractivity contribution in [1.29, 1.82) is 0 Å². The Kier molecular flexibility index (Phi) is 8.58. The lowest BCUT2D eigenvalue weighted by Gasteiger charge is -2.27. The highest BCUT2D eigenvalue weighted by Crippen LogP contribution is 2.60. The van der Waals surface area contributed by atoms with Gasteiger partial charge in [0.05, 0.1) is 25.3 Å². The molecule has 12 nitrogen and oxygen atoms in total. The second-order valence-corrected chi connectivity index (χ2v) is 13.6. The molecule has 0 unspecified atom stereocenters. The van der Waals surface area contributed by atoms with E-state index in [0.29, 0.717) is 59.1 Å². The summed E-state index contributed by atoms with van der Waals surface area (Å²) in [6.45, 7) is 6.32. The zero-order valence-electron chi connectivity index (χ0n) is 27.0. The van der Waals surface area contributed by atoms with Gasteiger partial charge >= 0.3 is 0 Å². The summed E-state index contributed by atoms with van der Waals surface area (Å²) in [5.41, 5.74) is 2.80. The topological polar surface area (TPSA) is 141 Å². The molecule has 5 heterocycles. The molecule has 13 heteroatoms. The van der Waals surface area contributed by atoms with Crippen molar-refractivity contribution < 1.29 is 23.9 Å². The van der Waals surface area contributed by atoms with Crippen molar-refractivity contribution in [3.63, 3.8) is 0 Å². The first-order valence-electron chi connectivity index (χ1n) is 16.1. The SMILES string of the molecule is CC(=O)c1nn2c3cc(c(-c4cnc(C)nc4)cc13)OCCC/C=C/COC[C@@]13C[C@@H](C(=O)Nc4nc(Br)ccc4C)N(C(=O)C2)[C@@H]1C3. The van der Waals surface area contributed by atoms with Crippen LogP contribution in [0.1, 0.15) is 54.5 Å². The van der Waals surface area contributed by atoms with Crippen LogP contribution in [0.5, 0.6) is 5.75 Å². The molecule has 2 aliphatic heterocycles. The highest BCUT2D eigenvalue weighted by molar-refractivity contribution is 9.10. The summed E-state index contributed by atoms with van der Waals surface area (Å²) in [6, 6.07) is 6.50. The van der Waals surface area contributed by atoms with E-state index in [2.05, 4.69) is 47.4 Å². The van der Waals surface area contributed by atoms with Gasteiger partial charge in [0.15, 0.2) is 5.78 Å². The van der Waals surface area contributed by atoms with E-state index in [1.165, 1.54) is 6.92 Å². The van der Waals surface area contributed by atoms with Crippen LogP contribution in [0.4, 0.5) is 5.82 Å². The number of anilines is 1. The van der Waals surface area contributed by atoms with Gasteiger partial charge in [0.1, 0.15) is 40.3 Å². The van der Waals surface area contributed by atoms with Crippen molar-refractivity contribution in [3.05, 3.63) is 70.5 Å². The number of ether oxygens (including phenoxy) is 2. The minimum atomic E-state index is -0.723. The van der Waals surface area contributed by atoms with Crippen molar-refractivity contribution in [2.45, 2.75) is 65.1 Å². The van der Waals surface area contributed by atoms with Crippen LogP contribution in [0.3, 0.4) is 0 Å². The van der Waals surface area contributed by atoms with Crippen LogP contribution < -0.4 is 10.1 Å². The molecule has 48 heavy (non-hydrogen) atoms. The third kappa shape index (κ3) is 6.12. The molecule has 0 radical (unpaired) electrons. The number of fused-ring (bicyclic) bond motifs is 1. The fraction of sp³-hybridized carbons (Fsp3) is 0.400. The Morgan fingerprint density at radius 3 is 2.71 bits per heavy atom. The second-order valence-electron chi connectivity index (χ2n) is 12.8. The molecule has 2 fully saturated rings. The standard InChI is InChI=1S/C35H36BrN7O5/c1-20-8-9-30(36)39-33(20)40-34(46)27-14-35-15-29(35)43(27)31(45)18-42-26-13-28(48-11-7-5-4-6-10-47-19-35)24(23-16-37-22(3)38-17-23)12-25(26)32(41-42)21(2)44/h4,6,8-9,12-13,16-17,27,29H,5,7,10-11,14-15,18-19H2,1-3H3,(H,39,40,46)/b6-4+/t27-,29+,35-/m0/s1. The predicted molar refractivity (Wildman–Crippen MR) is 182 cm³/mol. The number of amides is 2. The zero-order valence-corrected chi connectivity index (χ0v) is 28.6. The number of nitrogens with one attached hydrogen (secondary N) is 1. The Balaban J connectivity index is 1.28. The molecule has 248 valence electrons. The van der Waals surface area contributed by atoms with Crippen molar-refractivity contribution in [3.8, 4) is 16.9 Å². The number of aryl methyl sites for hydroxylation is 2. The molecule has 1 N–H and O–H groups in total. The van der Waals surface area contributed by atoms with Gasteiger partial charge in [-0.05, 0) is 73.2 Å². The summed E-state index contributed by atoms with van der Waals surface area (Å²) < 4.78 is 14.5. The number of hydrogen-bond acceptors (Lipinski definition) is 9. The Morgan fingerprint density at radius 2 is 1.92 bits per heavy atom. The van der Waals surface area contributed by atoms with Gasteiger partial charge < -0.3 is 19.7 Å². The Morgan fingerprint density at radius 1 is 1.10 bits per heavy atom. The molecule has 1 saturated heterocycles. The normalized spacial score (nSPS) is 23.2. The third-order valence-electron chi connectivity index (χ3n) is 9.42. The molecule has 2 amide bonds. The van der Waals surface area contributed by atoms with Crippen molar-refractivity contribution in [2.75, 3.05) is 25.1 Å². The fourth-order valence-electron chi connectivity index (χ4n) is 6.82. The number of halogens is 1. The highest BCUT2D eigenvalue weighted by atomic mass is 79.9. The smallest absolute Gasteiger partial charge is 0.248 e. The van der Waals surface area contributed by atoms with Gasteiger partial charge in [-0.2, -0.15) is 5.10 Å². The van der Waals surface area contributed by atoms with E-state index in [-0.39, 0.29) is 41.3 Å². The van der Waals surface area contributed by atoms with Crippen molar-refractivity contribution in [1.82, 2.24) is 29.6 Å². The number of ketones is 1. The zero-order chi connectivity index (χ0) is 33.6. The second kappa shape index (κ2) is 12.8. The molecule has 3 atom stereocenters. The lowest BCUT2D eigenvalue weighted by Crippen LogP contribution is -2.47. The average Bonchev–Trinajstić information content (AvgIpc) is 3.48. The molecular weight excluding hydrogens is 678 g/mol. The molecule has 1 aliphatic carbocycles. The number of piperidine rings is 1. The molecule has 4 bridgehead atoms. The molecule has 4 aromatic rings. The Hall–Kier alpha value is -4.49. The number of Topliss-reactive ketones (excluding diaryl/α,β-unsaturated/α-hetero) is 1. The maximum atomic E-state index is 14.3. The van der Waals surface area contributed by atoms with E-state index in [1.807, 2.05) is 44.2 Å². The summed E-state index contributed by atoms with van der Waals surface area (Å²) in [5, 5.41) is 8.20. The number of rotatable bonds is 4. The van der Waals surface area contributed by atoms with E-state index in [9.17, 15) is 14.4 Å². The Labute approximate surface area is 286 Å². The minimum absolute atomic E-state index is 0.152. The Bertz CT molecular complexity index is 1960. The first-order chi connectivity index (χ1) is 23.1. The monoisotopic (exact) mass is 713 g/mol. The van der Waals surface area contributed by atoms with Gasteiger partial charge in [-0.25, -0.2) is 15.0 Å². The summed E-state index contributed by atoms with van der Waals surface area (Å²) in [5.74, 6) is 0.851. The highest BCUT2D eigenvalue weighted by Gasteiger charge is 2.67. The third-order valence-corrected chi connectivity index (χ3v) is 9.86. The predicted octanol–water partition coefficient (Wildman–Crippen LogP) is 5.21. The van der Waals surface area contributed by atoms with Crippen LogP contribution >= 0.6 is 15.9 Å². The van der Waals surface area contributed by atoms with E-state index < -0.39 is 6.04 Å².